The molecular weight excluding hydrogens is 182 g/mol. The van der Waals surface area contributed by atoms with E-state index in [9.17, 15) is 0 Å². The zero-order valence-corrected chi connectivity index (χ0v) is 6.09. The maximum absolute atomic E-state index is 8.93. The SMILES string of the molecule is [2H]C([2H])(O)c1cccnc1Br. The molecule has 0 aliphatic carbocycles. The van der Waals surface area contributed by atoms with Crippen LogP contribution in [0.3, 0.4) is 0 Å². The molecule has 0 saturated carbocycles. The van der Waals surface area contributed by atoms with Crippen LogP contribution in [0.5, 0.6) is 0 Å². The fraction of sp³-hybridized carbons (Fsp3) is 0.167. The molecule has 0 atom stereocenters. The summed E-state index contributed by atoms with van der Waals surface area (Å²) < 4.78 is 14.3. The summed E-state index contributed by atoms with van der Waals surface area (Å²) >= 11 is 3.02. The van der Waals surface area contributed by atoms with E-state index in [-0.39, 0.29) is 5.56 Å². The van der Waals surface area contributed by atoms with Crippen LogP contribution in [0.1, 0.15) is 8.30 Å². The van der Waals surface area contributed by atoms with E-state index in [0.717, 1.165) is 0 Å². The maximum atomic E-state index is 8.93. The lowest BCUT2D eigenvalue weighted by Gasteiger charge is -1.95. The smallest absolute Gasteiger partial charge is 0.111 e. The van der Waals surface area contributed by atoms with Crippen LogP contribution in [0.2, 0.25) is 0 Å². The van der Waals surface area contributed by atoms with Gasteiger partial charge >= 0.3 is 0 Å². The highest BCUT2D eigenvalue weighted by molar-refractivity contribution is 9.10. The van der Waals surface area contributed by atoms with Crippen molar-refractivity contribution >= 4 is 15.9 Å². The zero-order chi connectivity index (χ0) is 8.48. The summed E-state index contributed by atoms with van der Waals surface area (Å²) in [5.41, 5.74) is 0.139. The molecule has 0 saturated heterocycles. The summed E-state index contributed by atoms with van der Waals surface area (Å²) in [5, 5.41) is 8.93. The van der Waals surface area contributed by atoms with Crippen LogP contribution >= 0.6 is 15.9 Å². The highest BCUT2D eigenvalue weighted by atomic mass is 79.9. The van der Waals surface area contributed by atoms with Crippen molar-refractivity contribution in [1.29, 1.82) is 0 Å². The van der Waals surface area contributed by atoms with Crippen molar-refractivity contribution in [3.8, 4) is 0 Å². The Balaban J connectivity index is 3.14. The Labute approximate surface area is 64.5 Å². The van der Waals surface area contributed by atoms with Gasteiger partial charge in [0.1, 0.15) is 4.60 Å². The number of halogens is 1. The molecule has 3 heteroatoms. The molecule has 0 fully saturated rings. The van der Waals surface area contributed by atoms with Gasteiger partial charge in [-0.2, -0.15) is 0 Å². The molecule has 0 bridgehead atoms. The highest BCUT2D eigenvalue weighted by Crippen LogP contribution is 2.11. The predicted molar refractivity (Wildman–Crippen MR) is 37.9 cm³/mol. The quantitative estimate of drug-likeness (QED) is 0.677. The van der Waals surface area contributed by atoms with Crippen molar-refractivity contribution in [2.24, 2.45) is 0 Å². The van der Waals surface area contributed by atoms with Gasteiger partial charge in [0, 0.05) is 11.8 Å². The summed E-state index contributed by atoms with van der Waals surface area (Å²) in [4.78, 5) is 3.76. The number of hydrogen-bond donors (Lipinski definition) is 1. The average molecular weight is 190 g/mol. The lowest BCUT2D eigenvalue weighted by atomic mass is 10.3. The summed E-state index contributed by atoms with van der Waals surface area (Å²) in [5.74, 6) is 0. The second kappa shape index (κ2) is 2.94. The van der Waals surface area contributed by atoms with Gasteiger partial charge in [-0.3, -0.25) is 0 Å². The van der Waals surface area contributed by atoms with Crippen LogP contribution in [0.15, 0.2) is 22.9 Å². The topological polar surface area (TPSA) is 33.1 Å². The molecule has 1 heterocycles. The lowest BCUT2D eigenvalue weighted by molar-refractivity contribution is 0.280. The van der Waals surface area contributed by atoms with Gasteiger partial charge in [-0.1, -0.05) is 6.07 Å². The molecule has 1 aromatic heterocycles. The molecule has 48 valence electrons. The van der Waals surface area contributed by atoms with Crippen LogP contribution in [0.25, 0.3) is 0 Å². The molecule has 1 rings (SSSR count). The van der Waals surface area contributed by atoms with Gasteiger partial charge in [0.2, 0.25) is 0 Å². The van der Waals surface area contributed by atoms with Crippen LogP contribution in [-0.2, 0) is 6.56 Å². The Morgan fingerprint density at radius 1 is 1.89 bits per heavy atom. The van der Waals surface area contributed by atoms with E-state index in [0.29, 0.717) is 4.60 Å². The molecule has 0 amide bonds. The molecule has 0 aromatic carbocycles. The van der Waals surface area contributed by atoms with Crippen LogP contribution in [0, 0.1) is 0 Å². The van der Waals surface area contributed by atoms with E-state index in [1.807, 2.05) is 0 Å². The number of nitrogens with zero attached hydrogens (tertiary/aromatic N) is 1. The average Bonchev–Trinajstić information content (AvgIpc) is 1.86. The summed E-state index contributed by atoms with van der Waals surface area (Å²) in [6.45, 7) is -2.33. The Bertz CT molecular complexity index is 261. The van der Waals surface area contributed by atoms with Gasteiger partial charge in [0.25, 0.3) is 0 Å². The number of pyridine rings is 1. The van der Waals surface area contributed by atoms with E-state index in [1.54, 1.807) is 6.07 Å². The first kappa shape index (κ1) is 4.41. The lowest BCUT2D eigenvalue weighted by Crippen LogP contribution is -1.85. The second-order valence-corrected chi connectivity index (χ2v) is 2.20. The monoisotopic (exact) mass is 189 g/mol. The molecule has 2 nitrogen and oxygen atoms in total. The van der Waals surface area contributed by atoms with E-state index < -0.39 is 6.56 Å². The number of hydrogen-bond acceptors (Lipinski definition) is 2. The fourth-order valence-corrected chi connectivity index (χ4v) is 0.808. The van der Waals surface area contributed by atoms with Crippen molar-refractivity contribution in [3.05, 3.63) is 28.5 Å². The third-order valence-electron chi connectivity index (χ3n) is 0.880. The van der Waals surface area contributed by atoms with Crippen LogP contribution in [-0.4, -0.2) is 10.1 Å². The Hall–Kier alpha value is -0.410. The fourth-order valence-electron chi connectivity index (χ4n) is 0.469. The number of aromatic nitrogens is 1. The Kier molecular flexibility index (Phi) is 1.44. The Morgan fingerprint density at radius 3 is 3.11 bits per heavy atom. The van der Waals surface area contributed by atoms with Crippen LogP contribution < -0.4 is 0 Å². The normalized spacial score (nSPS) is 14.4. The molecular formula is C6H6BrNO. The summed E-state index contributed by atoms with van der Waals surface area (Å²) in [6, 6.07) is 3.03. The van der Waals surface area contributed by atoms with E-state index in [1.165, 1.54) is 12.3 Å². The summed E-state index contributed by atoms with van der Waals surface area (Å²) in [7, 11) is 0. The van der Waals surface area contributed by atoms with Gasteiger partial charge in [-0.05, 0) is 22.0 Å². The van der Waals surface area contributed by atoms with Crippen molar-refractivity contribution < 1.29 is 7.85 Å². The molecule has 9 heavy (non-hydrogen) atoms. The van der Waals surface area contributed by atoms with Gasteiger partial charge in [-0.25, -0.2) is 4.98 Å². The van der Waals surface area contributed by atoms with Gasteiger partial charge in [0.05, 0.1) is 9.30 Å². The van der Waals surface area contributed by atoms with E-state index in [4.69, 9.17) is 7.85 Å². The van der Waals surface area contributed by atoms with Crippen molar-refractivity contribution in [3.63, 3.8) is 0 Å². The molecule has 0 spiro atoms. The minimum atomic E-state index is -2.33. The van der Waals surface area contributed by atoms with Crippen molar-refractivity contribution in [2.75, 3.05) is 0 Å². The molecule has 1 aromatic rings. The third-order valence-corrected chi connectivity index (χ3v) is 1.51. The molecule has 0 aliphatic rings. The minimum Gasteiger partial charge on any atom is -0.392 e. The molecule has 1 N–H and O–H groups in total. The predicted octanol–water partition coefficient (Wildman–Crippen LogP) is 1.34. The standard InChI is InChI=1S/C6H6BrNO/c7-6-5(4-9)2-1-3-8-6/h1-3,9H,4H2/i4D2. The van der Waals surface area contributed by atoms with Gasteiger partial charge in [-0.15, -0.1) is 0 Å². The van der Waals surface area contributed by atoms with Gasteiger partial charge < -0.3 is 5.11 Å². The number of rotatable bonds is 1. The molecule has 0 radical (unpaired) electrons. The third kappa shape index (κ3) is 1.50. The minimum absolute atomic E-state index is 0.139. The van der Waals surface area contributed by atoms with Crippen LogP contribution in [0.4, 0.5) is 0 Å². The maximum Gasteiger partial charge on any atom is 0.111 e. The molecule has 0 unspecified atom stereocenters. The highest BCUT2D eigenvalue weighted by Gasteiger charge is 1.94. The van der Waals surface area contributed by atoms with E-state index >= 15 is 0 Å². The number of aliphatic hydroxyl groups is 1. The first-order chi connectivity index (χ1) is 5.02. The van der Waals surface area contributed by atoms with Crippen molar-refractivity contribution in [2.45, 2.75) is 6.56 Å². The molecule has 0 aliphatic heterocycles. The van der Waals surface area contributed by atoms with E-state index in [2.05, 4.69) is 20.9 Å². The first-order valence-corrected chi connectivity index (χ1v) is 3.14. The first-order valence-electron chi connectivity index (χ1n) is 3.35. The largest absolute Gasteiger partial charge is 0.392 e. The van der Waals surface area contributed by atoms with Crippen molar-refractivity contribution in [1.82, 2.24) is 4.98 Å². The Morgan fingerprint density at radius 2 is 2.67 bits per heavy atom. The zero-order valence-electron chi connectivity index (χ0n) is 6.50. The summed E-state index contributed by atoms with van der Waals surface area (Å²) in [6.07, 6.45) is 1.51. The second-order valence-electron chi connectivity index (χ2n) is 1.45. The van der Waals surface area contributed by atoms with Gasteiger partial charge in [0.15, 0.2) is 0 Å².